The topological polar surface area (TPSA) is 263 Å². The van der Waals surface area contributed by atoms with Gasteiger partial charge in [-0.3, -0.25) is 48.1 Å². The molecule has 1 aliphatic heterocycles. The number of likely N-dealkylation sites (tertiary alicyclic amines) is 1. The number of nitrogens with two attached hydrogens (primary N) is 1. The van der Waals surface area contributed by atoms with Crippen LogP contribution in [0.1, 0.15) is 77.2 Å². The standard InChI is InChI=1S/C35H51N7O10/c1-3-23(4-2)25-18-32(48)42(35(25)52)14-10-6-9-13-28(44)40-24(17-33(49)50)16-29(45)37-20-30(46)38-21-31(47)41-26(34(51)39-19-27(36)43)15-22-11-7-5-8-12-22/h5,7-8,11-12,23-26H,3-4,6,9-10,13-21H2,1-2H3,(H2,36,43)(H,37,45)(H,38,46)(H,39,51)(H,40,44)(H,41,47)(H,49,50)/t24?,25?,26-/m0/s1. The second kappa shape index (κ2) is 22.5. The molecular formula is C35H51N7O10. The molecule has 1 aromatic rings. The van der Waals surface area contributed by atoms with Gasteiger partial charge in [-0.05, 0) is 24.3 Å². The maximum absolute atomic E-state index is 12.7. The maximum atomic E-state index is 12.7. The molecule has 1 saturated heterocycles. The summed E-state index contributed by atoms with van der Waals surface area (Å²) in [4.78, 5) is 111. The number of carbonyl (C=O) groups excluding carboxylic acids is 8. The van der Waals surface area contributed by atoms with E-state index in [1.165, 1.54) is 4.90 Å². The third-order valence-electron chi connectivity index (χ3n) is 8.66. The molecule has 8 N–H and O–H groups in total. The molecule has 0 aliphatic carbocycles. The predicted octanol–water partition coefficient (Wildman–Crippen LogP) is -0.731. The average molecular weight is 730 g/mol. The van der Waals surface area contributed by atoms with Gasteiger partial charge in [-0.2, -0.15) is 0 Å². The van der Waals surface area contributed by atoms with Crippen molar-refractivity contribution >= 4 is 53.2 Å². The minimum Gasteiger partial charge on any atom is -0.481 e. The van der Waals surface area contributed by atoms with Crippen LogP contribution in [0.2, 0.25) is 0 Å². The number of carboxylic acids is 1. The van der Waals surface area contributed by atoms with E-state index in [2.05, 4.69) is 26.6 Å². The van der Waals surface area contributed by atoms with Gasteiger partial charge in [0.15, 0.2) is 0 Å². The Morgan fingerprint density at radius 3 is 2.10 bits per heavy atom. The van der Waals surface area contributed by atoms with E-state index in [-0.39, 0.29) is 49.5 Å². The number of carbonyl (C=O) groups is 9. The van der Waals surface area contributed by atoms with Gasteiger partial charge in [0, 0.05) is 38.3 Å². The first-order valence-electron chi connectivity index (χ1n) is 17.5. The number of hydrogen-bond acceptors (Lipinski definition) is 9. The van der Waals surface area contributed by atoms with Crippen LogP contribution in [0.5, 0.6) is 0 Å². The molecule has 0 aromatic heterocycles. The highest BCUT2D eigenvalue weighted by atomic mass is 16.4. The first-order valence-corrected chi connectivity index (χ1v) is 17.5. The fourth-order valence-electron chi connectivity index (χ4n) is 5.90. The zero-order valence-corrected chi connectivity index (χ0v) is 29.7. The number of nitrogens with zero attached hydrogens (tertiary/aromatic N) is 1. The quantitative estimate of drug-likeness (QED) is 0.0518. The molecule has 52 heavy (non-hydrogen) atoms. The highest BCUT2D eigenvalue weighted by Gasteiger charge is 2.41. The molecule has 2 rings (SSSR count). The van der Waals surface area contributed by atoms with Crippen LogP contribution < -0.4 is 32.3 Å². The van der Waals surface area contributed by atoms with E-state index in [0.29, 0.717) is 19.3 Å². The number of benzene rings is 1. The van der Waals surface area contributed by atoms with Crippen molar-refractivity contribution in [2.24, 2.45) is 17.6 Å². The molecule has 17 nitrogen and oxygen atoms in total. The van der Waals surface area contributed by atoms with Gasteiger partial charge in [-0.15, -0.1) is 0 Å². The second-order valence-corrected chi connectivity index (χ2v) is 12.7. The van der Waals surface area contributed by atoms with Crippen molar-refractivity contribution in [3.8, 4) is 0 Å². The Bertz CT molecular complexity index is 1430. The number of imide groups is 1. The Balaban J connectivity index is 1.74. The number of carboxylic acid groups (broad SMARTS) is 1. The molecule has 17 heteroatoms. The van der Waals surface area contributed by atoms with Gasteiger partial charge in [0.1, 0.15) is 6.04 Å². The summed E-state index contributed by atoms with van der Waals surface area (Å²) in [6.45, 7) is 2.77. The lowest BCUT2D eigenvalue weighted by Crippen LogP contribution is -2.52. The van der Waals surface area contributed by atoms with Crippen LogP contribution in [0.25, 0.3) is 0 Å². The Morgan fingerprint density at radius 2 is 1.46 bits per heavy atom. The largest absolute Gasteiger partial charge is 0.481 e. The average Bonchev–Trinajstić information content (AvgIpc) is 3.37. The Kier molecular flexibility index (Phi) is 18.5. The Hall–Kier alpha value is -5.35. The summed E-state index contributed by atoms with van der Waals surface area (Å²) < 4.78 is 0. The number of hydrogen-bond donors (Lipinski definition) is 7. The highest BCUT2D eigenvalue weighted by molar-refractivity contribution is 6.03. The van der Waals surface area contributed by atoms with Crippen molar-refractivity contribution in [1.82, 2.24) is 31.5 Å². The van der Waals surface area contributed by atoms with Gasteiger partial charge in [-0.25, -0.2) is 0 Å². The van der Waals surface area contributed by atoms with E-state index in [0.717, 1.165) is 18.4 Å². The molecular weight excluding hydrogens is 678 g/mol. The normalized spacial score (nSPS) is 15.1. The first-order chi connectivity index (χ1) is 24.7. The molecule has 0 spiro atoms. The van der Waals surface area contributed by atoms with Crippen molar-refractivity contribution < 1.29 is 48.3 Å². The number of nitrogens with one attached hydrogen (secondary N) is 5. The number of aliphatic carboxylic acids is 1. The van der Waals surface area contributed by atoms with E-state index in [4.69, 9.17) is 5.73 Å². The fraction of sp³-hybridized carbons (Fsp3) is 0.571. The van der Waals surface area contributed by atoms with Crippen LogP contribution >= 0.6 is 0 Å². The van der Waals surface area contributed by atoms with Gasteiger partial charge in [0.2, 0.25) is 47.3 Å². The molecule has 1 aromatic carbocycles. The van der Waals surface area contributed by atoms with Gasteiger partial charge in [0.25, 0.3) is 0 Å². The minimum absolute atomic E-state index is 0.0411. The van der Waals surface area contributed by atoms with E-state index in [9.17, 15) is 48.3 Å². The minimum atomic E-state index is -1.25. The number of rotatable bonds is 24. The molecule has 1 aliphatic rings. The van der Waals surface area contributed by atoms with Crippen molar-refractivity contribution in [2.75, 3.05) is 26.2 Å². The third kappa shape index (κ3) is 15.7. The molecule has 1 heterocycles. The van der Waals surface area contributed by atoms with E-state index in [1.54, 1.807) is 30.3 Å². The molecule has 0 radical (unpaired) electrons. The van der Waals surface area contributed by atoms with E-state index < -0.39 is 86.0 Å². The van der Waals surface area contributed by atoms with Crippen molar-refractivity contribution in [3.63, 3.8) is 0 Å². The summed E-state index contributed by atoms with van der Waals surface area (Å²) >= 11 is 0. The molecule has 0 saturated carbocycles. The summed E-state index contributed by atoms with van der Waals surface area (Å²) in [5, 5.41) is 21.2. The maximum Gasteiger partial charge on any atom is 0.305 e. The molecule has 2 unspecified atom stereocenters. The lowest BCUT2D eigenvalue weighted by Gasteiger charge is -2.19. The van der Waals surface area contributed by atoms with Crippen LogP contribution in [0.4, 0.5) is 0 Å². The third-order valence-corrected chi connectivity index (χ3v) is 8.66. The zero-order valence-electron chi connectivity index (χ0n) is 29.7. The summed E-state index contributed by atoms with van der Waals surface area (Å²) in [6.07, 6.45) is 2.54. The Morgan fingerprint density at radius 1 is 0.808 bits per heavy atom. The van der Waals surface area contributed by atoms with Crippen LogP contribution in [0, 0.1) is 11.8 Å². The van der Waals surface area contributed by atoms with Gasteiger partial charge in [0.05, 0.1) is 32.0 Å². The summed E-state index contributed by atoms with van der Waals surface area (Å²) in [6, 6.07) is 6.63. The van der Waals surface area contributed by atoms with E-state index in [1.807, 2.05) is 13.8 Å². The molecule has 3 atom stereocenters. The zero-order chi connectivity index (χ0) is 38.6. The van der Waals surface area contributed by atoms with Gasteiger partial charge in [-0.1, -0.05) is 63.4 Å². The summed E-state index contributed by atoms with van der Waals surface area (Å²) in [5.41, 5.74) is 5.80. The molecule has 1 fully saturated rings. The van der Waals surface area contributed by atoms with Crippen molar-refractivity contribution in [2.45, 2.75) is 90.1 Å². The van der Waals surface area contributed by atoms with Gasteiger partial charge < -0.3 is 37.4 Å². The second-order valence-electron chi connectivity index (χ2n) is 12.7. The number of amides is 8. The van der Waals surface area contributed by atoms with Gasteiger partial charge >= 0.3 is 5.97 Å². The Labute approximate surface area is 302 Å². The molecule has 8 amide bonds. The lowest BCUT2D eigenvalue weighted by atomic mass is 9.87. The van der Waals surface area contributed by atoms with E-state index >= 15 is 0 Å². The van der Waals surface area contributed by atoms with Crippen LogP contribution in [0.3, 0.4) is 0 Å². The number of unbranched alkanes of at least 4 members (excludes halogenated alkanes) is 2. The first kappa shape index (κ1) is 42.8. The highest BCUT2D eigenvalue weighted by Crippen LogP contribution is 2.31. The lowest BCUT2D eigenvalue weighted by molar-refractivity contribution is -0.141. The number of primary amides is 1. The molecule has 286 valence electrons. The summed E-state index contributed by atoms with van der Waals surface area (Å²) in [7, 11) is 0. The van der Waals surface area contributed by atoms with Crippen molar-refractivity contribution in [3.05, 3.63) is 35.9 Å². The molecule has 0 bridgehead atoms. The monoisotopic (exact) mass is 729 g/mol. The summed E-state index contributed by atoms with van der Waals surface area (Å²) in [5.74, 6) is -5.75. The van der Waals surface area contributed by atoms with Crippen LogP contribution in [0.15, 0.2) is 30.3 Å². The predicted molar refractivity (Wildman–Crippen MR) is 186 cm³/mol. The van der Waals surface area contributed by atoms with Crippen molar-refractivity contribution in [1.29, 1.82) is 0 Å². The fourth-order valence-corrected chi connectivity index (χ4v) is 5.90. The van der Waals surface area contributed by atoms with Crippen LogP contribution in [-0.2, 0) is 49.6 Å². The smallest absolute Gasteiger partial charge is 0.305 e. The SMILES string of the molecule is CCC(CC)C1CC(=O)N(CCCCCC(=O)NC(CC(=O)O)CC(=O)NCC(=O)NCC(=O)N[C@@H](Cc2ccccc2)C(=O)NCC(N)=O)C1=O. The van der Waals surface area contributed by atoms with Crippen LogP contribution in [-0.4, -0.2) is 101 Å².